The lowest BCUT2D eigenvalue weighted by Gasteiger charge is -2.25. The maximum absolute atomic E-state index is 12.8. The Kier molecular flexibility index (Phi) is 6.56. The zero-order valence-corrected chi connectivity index (χ0v) is 15.5. The van der Waals surface area contributed by atoms with Crippen LogP contribution in [0.4, 0.5) is 13.2 Å². The highest BCUT2D eigenvalue weighted by molar-refractivity contribution is 5.83. The third-order valence-electron chi connectivity index (χ3n) is 4.44. The normalized spacial score (nSPS) is 16.4. The minimum atomic E-state index is -4.43. The Morgan fingerprint density at radius 2 is 1.79 bits per heavy atom. The SMILES string of the molecule is O=C(O)/C=C/C=C(\c1ccc(C(F)(F)F)cc1)c1ccc(CN2CCOCC2)o1. The van der Waals surface area contributed by atoms with Crippen LogP contribution in [0.25, 0.3) is 5.57 Å². The predicted molar refractivity (Wildman–Crippen MR) is 100 cm³/mol. The van der Waals surface area contributed by atoms with Gasteiger partial charge in [-0.15, -0.1) is 0 Å². The molecule has 29 heavy (non-hydrogen) atoms. The van der Waals surface area contributed by atoms with E-state index in [9.17, 15) is 18.0 Å². The smallest absolute Gasteiger partial charge is 0.416 e. The van der Waals surface area contributed by atoms with Gasteiger partial charge in [-0.1, -0.05) is 24.3 Å². The van der Waals surface area contributed by atoms with Crippen LogP contribution < -0.4 is 0 Å². The van der Waals surface area contributed by atoms with Crippen molar-refractivity contribution in [1.82, 2.24) is 4.90 Å². The number of hydrogen-bond donors (Lipinski definition) is 1. The molecule has 3 rings (SSSR count). The number of aliphatic carboxylic acids is 1. The van der Waals surface area contributed by atoms with Gasteiger partial charge in [0, 0.05) is 24.7 Å². The van der Waals surface area contributed by atoms with Crippen molar-refractivity contribution in [2.45, 2.75) is 12.7 Å². The first-order chi connectivity index (χ1) is 13.8. The van der Waals surface area contributed by atoms with Crippen LogP contribution >= 0.6 is 0 Å². The summed E-state index contributed by atoms with van der Waals surface area (Å²) >= 11 is 0. The summed E-state index contributed by atoms with van der Waals surface area (Å²) in [5.74, 6) is 0.0328. The number of carboxylic acid groups (broad SMARTS) is 1. The molecule has 0 aliphatic carbocycles. The Labute approximate surface area is 165 Å². The van der Waals surface area contributed by atoms with Crippen molar-refractivity contribution in [3.8, 4) is 0 Å². The summed E-state index contributed by atoms with van der Waals surface area (Å²) in [6.45, 7) is 3.49. The Morgan fingerprint density at radius 3 is 2.41 bits per heavy atom. The van der Waals surface area contributed by atoms with Gasteiger partial charge in [-0.3, -0.25) is 4.90 Å². The van der Waals surface area contributed by atoms with Gasteiger partial charge in [0.25, 0.3) is 0 Å². The fourth-order valence-electron chi connectivity index (χ4n) is 2.97. The van der Waals surface area contributed by atoms with Crippen molar-refractivity contribution in [3.63, 3.8) is 0 Å². The molecule has 2 heterocycles. The first-order valence-electron chi connectivity index (χ1n) is 9.01. The third kappa shape index (κ3) is 5.82. The molecule has 154 valence electrons. The predicted octanol–water partition coefficient (Wildman–Crippen LogP) is 4.20. The van der Waals surface area contributed by atoms with Crippen LogP contribution in [0.15, 0.2) is 59.0 Å². The first kappa shape index (κ1) is 20.9. The van der Waals surface area contributed by atoms with E-state index in [1.165, 1.54) is 24.3 Å². The number of ether oxygens (including phenoxy) is 1. The van der Waals surface area contributed by atoms with E-state index >= 15 is 0 Å². The van der Waals surface area contributed by atoms with Gasteiger partial charge >= 0.3 is 12.1 Å². The quantitative estimate of drug-likeness (QED) is 0.574. The number of alkyl halides is 3. The van der Waals surface area contributed by atoms with Crippen molar-refractivity contribution >= 4 is 11.5 Å². The van der Waals surface area contributed by atoms with Crippen LogP contribution in [0.1, 0.15) is 22.6 Å². The highest BCUT2D eigenvalue weighted by Crippen LogP contribution is 2.32. The maximum atomic E-state index is 12.8. The number of benzene rings is 1. The lowest BCUT2D eigenvalue weighted by Crippen LogP contribution is -2.35. The number of carboxylic acids is 1. The number of carbonyl (C=O) groups is 1. The lowest BCUT2D eigenvalue weighted by molar-refractivity contribution is -0.137. The topological polar surface area (TPSA) is 62.9 Å². The molecular formula is C21H20F3NO4. The molecule has 0 unspecified atom stereocenters. The van der Waals surface area contributed by atoms with E-state index in [4.69, 9.17) is 14.3 Å². The van der Waals surface area contributed by atoms with Crippen molar-refractivity contribution < 1.29 is 32.2 Å². The summed E-state index contributed by atoms with van der Waals surface area (Å²) in [6.07, 6.45) is -0.656. The molecule has 8 heteroatoms. The number of hydrogen-bond acceptors (Lipinski definition) is 4. The summed E-state index contributed by atoms with van der Waals surface area (Å²) in [6, 6.07) is 8.20. The molecule has 2 aromatic rings. The monoisotopic (exact) mass is 407 g/mol. The van der Waals surface area contributed by atoms with E-state index in [-0.39, 0.29) is 0 Å². The van der Waals surface area contributed by atoms with Gasteiger partial charge in [0.15, 0.2) is 0 Å². The van der Waals surface area contributed by atoms with Crippen LogP contribution in [0, 0.1) is 0 Å². The molecule has 1 N–H and O–H groups in total. The number of nitrogens with zero attached hydrogens (tertiary/aromatic N) is 1. The second-order valence-corrected chi connectivity index (χ2v) is 6.51. The molecule has 0 amide bonds. The molecule has 1 fully saturated rings. The lowest BCUT2D eigenvalue weighted by atomic mass is 10.0. The van der Waals surface area contributed by atoms with E-state index in [2.05, 4.69) is 4.90 Å². The number of rotatable bonds is 6. The zero-order chi connectivity index (χ0) is 20.9. The molecule has 1 aromatic heterocycles. The number of furan rings is 1. The summed E-state index contributed by atoms with van der Waals surface area (Å²) in [4.78, 5) is 12.9. The fourth-order valence-corrected chi connectivity index (χ4v) is 2.97. The minimum absolute atomic E-state index is 0.447. The van der Waals surface area contributed by atoms with E-state index in [1.54, 1.807) is 6.07 Å². The third-order valence-corrected chi connectivity index (χ3v) is 4.44. The van der Waals surface area contributed by atoms with Crippen molar-refractivity contribution in [1.29, 1.82) is 0 Å². The van der Waals surface area contributed by atoms with Gasteiger partial charge in [-0.05, 0) is 29.8 Å². The van der Waals surface area contributed by atoms with Crippen LogP contribution in [0.2, 0.25) is 0 Å². The van der Waals surface area contributed by atoms with Crippen molar-refractivity contribution in [2.75, 3.05) is 26.3 Å². The first-order valence-corrected chi connectivity index (χ1v) is 9.01. The second-order valence-electron chi connectivity index (χ2n) is 6.51. The largest absolute Gasteiger partial charge is 0.478 e. The molecule has 0 spiro atoms. The summed E-state index contributed by atoms with van der Waals surface area (Å²) in [7, 11) is 0. The summed E-state index contributed by atoms with van der Waals surface area (Å²) < 4.78 is 49.7. The van der Waals surface area contributed by atoms with Crippen molar-refractivity contribution in [2.24, 2.45) is 0 Å². The van der Waals surface area contributed by atoms with Crippen LogP contribution in [-0.2, 0) is 22.3 Å². The van der Waals surface area contributed by atoms with Gasteiger partial charge in [-0.2, -0.15) is 13.2 Å². The van der Waals surface area contributed by atoms with Crippen molar-refractivity contribution in [3.05, 3.63) is 77.3 Å². The molecular weight excluding hydrogens is 387 g/mol. The Bertz CT molecular complexity index is 891. The van der Waals surface area contributed by atoms with Gasteiger partial charge in [0.1, 0.15) is 11.5 Å². The molecule has 0 saturated carbocycles. The molecule has 1 aliphatic heterocycles. The minimum Gasteiger partial charge on any atom is -0.478 e. The van der Waals surface area contributed by atoms with Gasteiger partial charge in [-0.25, -0.2) is 4.79 Å². The Morgan fingerprint density at radius 1 is 1.10 bits per heavy atom. The Hall–Kier alpha value is -2.84. The summed E-state index contributed by atoms with van der Waals surface area (Å²) in [5.41, 5.74) is 0.221. The fraction of sp³-hybridized carbons (Fsp3) is 0.286. The maximum Gasteiger partial charge on any atom is 0.416 e. The molecule has 5 nitrogen and oxygen atoms in total. The van der Waals surface area contributed by atoms with Gasteiger partial charge in [0.2, 0.25) is 0 Å². The standard InChI is InChI=1S/C21H20F3NO4/c22-21(23,24)16-6-4-15(5-7-16)18(2-1-3-20(26)27)19-9-8-17(29-19)14-25-10-12-28-13-11-25/h1-9H,10-14H2,(H,26,27)/b3-1+,18-2+. The molecule has 1 saturated heterocycles. The number of allylic oxidation sites excluding steroid dienone is 2. The molecule has 1 aromatic carbocycles. The number of halogens is 3. The van der Waals surface area contributed by atoms with E-state index in [1.807, 2.05) is 6.07 Å². The highest BCUT2D eigenvalue weighted by Gasteiger charge is 2.30. The Balaban J connectivity index is 1.87. The highest BCUT2D eigenvalue weighted by atomic mass is 19.4. The van der Waals surface area contributed by atoms with Crippen LogP contribution in [0.5, 0.6) is 0 Å². The van der Waals surface area contributed by atoms with Gasteiger partial charge in [0.05, 0.1) is 25.3 Å². The van der Waals surface area contributed by atoms with Crippen LogP contribution in [-0.4, -0.2) is 42.3 Å². The van der Waals surface area contributed by atoms with E-state index in [0.29, 0.717) is 42.4 Å². The average Bonchev–Trinajstić information content (AvgIpc) is 3.13. The average molecular weight is 407 g/mol. The number of morpholine rings is 1. The summed E-state index contributed by atoms with van der Waals surface area (Å²) in [5, 5.41) is 8.80. The molecule has 0 bridgehead atoms. The van der Waals surface area contributed by atoms with E-state index in [0.717, 1.165) is 31.3 Å². The van der Waals surface area contributed by atoms with E-state index < -0.39 is 17.7 Å². The molecule has 0 radical (unpaired) electrons. The molecule has 1 aliphatic rings. The zero-order valence-electron chi connectivity index (χ0n) is 15.5. The second kappa shape index (κ2) is 9.11. The van der Waals surface area contributed by atoms with Crippen LogP contribution in [0.3, 0.4) is 0 Å². The van der Waals surface area contributed by atoms with Gasteiger partial charge < -0.3 is 14.3 Å². The molecule has 0 atom stereocenters.